The van der Waals surface area contributed by atoms with Gasteiger partial charge in [-0.25, -0.2) is 0 Å². The van der Waals surface area contributed by atoms with Crippen molar-refractivity contribution in [3.05, 3.63) is 10.6 Å². The molecule has 2 aliphatic rings. The van der Waals surface area contributed by atoms with Gasteiger partial charge in [-0.05, 0) is 49.7 Å². The second-order valence-electron chi connectivity index (χ2n) is 6.75. The zero-order valence-corrected chi connectivity index (χ0v) is 13.7. The highest BCUT2D eigenvalue weighted by atomic mass is 32.1. The molecule has 3 heterocycles. The Balaban J connectivity index is 1.76. The van der Waals surface area contributed by atoms with E-state index in [1.54, 1.807) is 0 Å². The lowest BCUT2D eigenvalue weighted by Gasteiger charge is -2.45. The minimum absolute atomic E-state index is 0.137. The molecule has 1 aromatic rings. The molecule has 1 N–H and O–H groups in total. The quantitative estimate of drug-likeness (QED) is 0.910. The second kappa shape index (κ2) is 6.01. The van der Waals surface area contributed by atoms with E-state index in [1.807, 2.05) is 4.90 Å². The number of carbonyl (C=O) groups excluding carboxylic acids is 1. The third kappa shape index (κ3) is 2.97. The standard InChI is InChI=1S/C15H24N4OS/c1-11(2)12-13(21-18-17-12)14(20)19-8-4-6-15(10-19)5-3-7-16-9-15/h11,16H,3-10H2,1-2H3. The first-order chi connectivity index (χ1) is 10.1. The molecule has 2 aliphatic heterocycles. The van der Waals surface area contributed by atoms with Crippen LogP contribution in [0, 0.1) is 5.41 Å². The number of aromatic nitrogens is 2. The summed E-state index contributed by atoms with van der Waals surface area (Å²) in [6.07, 6.45) is 4.81. The van der Waals surface area contributed by atoms with Crippen LogP contribution in [-0.4, -0.2) is 46.6 Å². The van der Waals surface area contributed by atoms with Crippen molar-refractivity contribution in [2.45, 2.75) is 45.4 Å². The fourth-order valence-electron chi connectivity index (χ4n) is 3.63. The number of nitrogens with one attached hydrogen (secondary N) is 1. The maximum absolute atomic E-state index is 12.8. The number of likely N-dealkylation sites (tertiary alicyclic amines) is 1. The summed E-state index contributed by atoms with van der Waals surface area (Å²) in [5.74, 6) is 0.385. The van der Waals surface area contributed by atoms with Gasteiger partial charge in [0, 0.05) is 25.0 Å². The van der Waals surface area contributed by atoms with Crippen LogP contribution in [0.2, 0.25) is 0 Å². The Labute approximate surface area is 130 Å². The Morgan fingerprint density at radius 2 is 2.19 bits per heavy atom. The molecule has 1 amide bonds. The number of hydrogen-bond acceptors (Lipinski definition) is 5. The summed E-state index contributed by atoms with van der Waals surface area (Å²) in [7, 11) is 0. The summed E-state index contributed by atoms with van der Waals surface area (Å²) in [5, 5.41) is 7.65. The van der Waals surface area contributed by atoms with Crippen LogP contribution in [0.5, 0.6) is 0 Å². The van der Waals surface area contributed by atoms with Gasteiger partial charge in [0.1, 0.15) is 4.88 Å². The molecule has 116 valence electrons. The molecule has 1 aromatic heterocycles. The number of piperidine rings is 2. The lowest BCUT2D eigenvalue weighted by molar-refractivity contribution is 0.0436. The van der Waals surface area contributed by atoms with Gasteiger partial charge in [-0.1, -0.05) is 18.3 Å². The minimum atomic E-state index is 0.137. The number of rotatable bonds is 2. The van der Waals surface area contributed by atoms with Crippen molar-refractivity contribution < 1.29 is 4.79 Å². The van der Waals surface area contributed by atoms with Gasteiger partial charge in [-0.3, -0.25) is 4.79 Å². The molecular weight excluding hydrogens is 284 g/mol. The predicted octanol–water partition coefficient (Wildman–Crippen LogP) is 2.27. The van der Waals surface area contributed by atoms with Crippen molar-refractivity contribution in [3.8, 4) is 0 Å². The minimum Gasteiger partial charge on any atom is -0.337 e. The van der Waals surface area contributed by atoms with Gasteiger partial charge in [0.25, 0.3) is 5.91 Å². The van der Waals surface area contributed by atoms with E-state index in [4.69, 9.17) is 0 Å². The van der Waals surface area contributed by atoms with Gasteiger partial charge >= 0.3 is 0 Å². The summed E-state index contributed by atoms with van der Waals surface area (Å²) in [5.41, 5.74) is 1.15. The van der Waals surface area contributed by atoms with Gasteiger partial charge in [-0.2, -0.15) is 0 Å². The Morgan fingerprint density at radius 1 is 1.38 bits per heavy atom. The van der Waals surface area contributed by atoms with Crippen LogP contribution < -0.4 is 5.32 Å². The smallest absolute Gasteiger partial charge is 0.267 e. The van der Waals surface area contributed by atoms with E-state index in [0.717, 1.165) is 43.2 Å². The van der Waals surface area contributed by atoms with Crippen LogP contribution in [-0.2, 0) is 0 Å². The Kier molecular flexibility index (Phi) is 4.26. The highest BCUT2D eigenvalue weighted by molar-refractivity contribution is 7.08. The number of nitrogens with zero attached hydrogens (tertiary/aromatic N) is 3. The SMILES string of the molecule is CC(C)c1nnsc1C(=O)N1CCCC2(CCCNC2)C1. The lowest BCUT2D eigenvalue weighted by atomic mass is 9.74. The Hall–Kier alpha value is -1.01. The molecule has 0 bridgehead atoms. The van der Waals surface area contributed by atoms with Crippen LogP contribution >= 0.6 is 11.5 Å². The molecule has 1 atom stereocenters. The maximum atomic E-state index is 12.8. The largest absolute Gasteiger partial charge is 0.337 e. The first-order valence-corrected chi connectivity index (χ1v) is 8.71. The van der Waals surface area contributed by atoms with E-state index < -0.39 is 0 Å². The molecule has 5 nitrogen and oxygen atoms in total. The highest BCUT2D eigenvalue weighted by Gasteiger charge is 2.39. The highest BCUT2D eigenvalue weighted by Crippen LogP contribution is 2.36. The average Bonchev–Trinajstić information content (AvgIpc) is 2.97. The molecule has 1 spiro atoms. The van der Waals surface area contributed by atoms with E-state index in [2.05, 4.69) is 28.8 Å². The molecule has 6 heteroatoms. The third-order valence-corrected chi connectivity index (χ3v) is 5.49. The molecule has 1 unspecified atom stereocenters. The summed E-state index contributed by atoms with van der Waals surface area (Å²) < 4.78 is 4.00. The average molecular weight is 308 g/mol. The molecule has 2 fully saturated rings. The molecule has 0 radical (unpaired) electrons. The van der Waals surface area contributed by atoms with Crippen LogP contribution in [0.15, 0.2) is 0 Å². The van der Waals surface area contributed by atoms with E-state index in [0.29, 0.717) is 5.41 Å². The van der Waals surface area contributed by atoms with E-state index in [9.17, 15) is 4.79 Å². The van der Waals surface area contributed by atoms with E-state index in [1.165, 1.54) is 30.8 Å². The third-order valence-electron chi connectivity index (χ3n) is 4.76. The number of carbonyl (C=O) groups is 1. The molecule has 0 saturated carbocycles. The van der Waals surface area contributed by atoms with Gasteiger partial charge in [-0.15, -0.1) is 5.10 Å². The molecule has 21 heavy (non-hydrogen) atoms. The monoisotopic (exact) mass is 308 g/mol. The summed E-state index contributed by atoms with van der Waals surface area (Å²) in [6, 6.07) is 0. The van der Waals surface area contributed by atoms with Crippen LogP contribution in [0.25, 0.3) is 0 Å². The molecular formula is C15H24N4OS. The fraction of sp³-hybridized carbons (Fsp3) is 0.800. The normalized spacial score (nSPS) is 26.5. The second-order valence-corrected chi connectivity index (χ2v) is 7.51. The van der Waals surface area contributed by atoms with E-state index >= 15 is 0 Å². The summed E-state index contributed by atoms with van der Waals surface area (Å²) in [6.45, 7) is 8.05. The van der Waals surface area contributed by atoms with Gasteiger partial charge in [0.05, 0.1) is 5.69 Å². The van der Waals surface area contributed by atoms with Crippen molar-refractivity contribution in [3.63, 3.8) is 0 Å². The summed E-state index contributed by atoms with van der Waals surface area (Å²) in [4.78, 5) is 15.6. The number of hydrogen-bond donors (Lipinski definition) is 1. The topological polar surface area (TPSA) is 58.1 Å². The molecule has 0 aromatic carbocycles. The van der Waals surface area contributed by atoms with Crippen LogP contribution in [0.1, 0.15) is 60.8 Å². The first-order valence-electron chi connectivity index (χ1n) is 7.94. The van der Waals surface area contributed by atoms with Crippen LogP contribution in [0.3, 0.4) is 0 Å². The van der Waals surface area contributed by atoms with Crippen molar-refractivity contribution in [1.29, 1.82) is 0 Å². The zero-order chi connectivity index (χ0) is 14.9. The Morgan fingerprint density at radius 3 is 2.90 bits per heavy atom. The van der Waals surface area contributed by atoms with Crippen LogP contribution in [0.4, 0.5) is 0 Å². The first kappa shape index (κ1) is 14.9. The van der Waals surface area contributed by atoms with Gasteiger partial charge in [0.2, 0.25) is 0 Å². The van der Waals surface area contributed by atoms with Crippen molar-refractivity contribution >= 4 is 17.4 Å². The Bertz CT molecular complexity index is 502. The van der Waals surface area contributed by atoms with Gasteiger partial charge in [0.15, 0.2) is 0 Å². The van der Waals surface area contributed by atoms with Crippen molar-refractivity contribution in [2.75, 3.05) is 26.2 Å². The fourth-order valence-corrected chi connectivity index (χ4v) is 4.41. The number of amides is 1. The van der Waals surface area contributed by atoms with Gasteiger partial charge < -0.3 is 10.2 Å². The van der Waals surface area contributed by atoms with Crippen molar-refractivity contribution in [1.82, 2.24) is 19.8 Å². The zero-order valence-electron chi connectivity index (χ0n) is 12.9. The predicted molar refractivity (Wildman–Crippen MR) is 83.7 cm³/mol. The molecule has 3 rings (SSSR count). The lowest BCUT2D eigenvalue weighted by Crippen LogP contribution is -2.52. The van der Waals surface area contributed by atoms with E-state index in [-0.39, 0.29) is 11.8 Å². The summed E-state index contributed by atoms with van der Waals surface area (Å²) >= 11 is 1.25. The molecule has 2 saturated heterocycles. The molecule has 0 aliphatic carbocycles. The van der Waals surface area contributed by atoms with Crippen molar-refractivity contribution in [2.24, 2.45) is 5.41 Å². The maximum Gasteiger partial charge on any atom is 0.267 e.